The first-order valence-corrected chi connectivity index (χ1v) is 23.1. The standard InChI is InChI=1S/2C17H21N6O10P/c2*1-2-30-16(26)17(34(27,28)29)32-5-7-9(24)10(25)15(33-7)23-6-20-8-11(18)21-12(22-13(8)23)14-19-3-4-31-14/h2*3-4,6-7,9-10,15,17,24-25H,2,5H2,1H3,(H2,18,21,22)(H2,27,28,29)/t7-,9-,10-,15-,17+;7-,9-,10-,15-,17-/m11/s1. The molecule has 32 nitrogen and oxygen atoms in total. The van der Waals surface area contributed by atoms with Gasteiger partial charge in [-0.25, -0.2) is 49.5 Å². The maximum atomic E-state index is 11.9. The molecule has 34 heteroatoms. The number of aromatic nitrogens is 10. The van der Waals surface area contributed by atoms with E-state index in [9.17, 15) is 58.7 Å². The fourth-order valence-corrected chi connectivity index (χ4v) is 7.96. The van der Waals surface area contributed by atoms with Gasteiger partial charge in [-0.1, -0.05) is 0 Å². The first kappa shape index (κ1) is 49.9. The van der Waals surface area contributed by atoms with Crippen molar-refractivity contribution in [3.8, 4) is 23.4 Å². The number of carbonyl (C=O) groups is 2. The molecule has 8 heterocycles. The van der Waals surface area contributed by atoms with Gasteiger partial charge in [-0.3, -0.25) is 18.3 Å². The molecule has 68 heavy (non-hydrogen) atoms. The lowest BCUT2D eigenvalue weighted by molar-refractivity contribution is -0.156. The number of ether oxygens (including phenoxy) is 6. The molecular weight excluding hydrogens is 958 g/mol. The molecule has 10 atom stereocenters. The number of nitrogens with zero attached hydrogens (tertiary/aromatic N) is 10. The summed E-state index contributed by atoms with van der Waals surface area (Å²) in [6, 6.07) is 0. The van der Waals surface area contributed by atoms with Gasteiger partial charge in [0.05, 0.1) is 51.5 Å². The Balaban J connectivity index is 0.000000201. The third kappa shape index (κ3) is 10.4. The van der Waals surface area contributed by atoms with E-state index in [0.29, 0.717) is 0 Å². The van der Waals surface area contributed by atoms with Crippen molar-refractivity contribution in [2.24, 2.45) is 0 Å². The van der Waals surface area contributed by atoms with E-state index in [4.69, 9.17) is 39.2 Å². The third-order valence-corrected chi connectivity index (χ3v) is 11.7. The highest BCUT2D eigenvalue weighted by Crippen LogP contribution is 2.44. The van der Waals surface area contributed by atoms with Gasteiger partial charge in [-0.05, 0) is 13.8 Å². The molecule has 2 saturated heterocycles. The molecule has 0 saturated carbocycles. The maximum absolute atomic E-state index is 11.9. The van der Waals surface area contributed by atoms with Gasteiger partial charge < -0.3 is 88.7 Å². The molecular formula is C34H42N12O20P2. The number of rotatable bonds is 16. The number of hydrogen-bond donors (Lipinski definition) is 10. The largest absolute Gasteiger partial charge is 0.464 e. The summed E-state index contributed by atoms with van der Waals surface area (Å²) in [6.45, 7) is 1.37. The van der Waals surface area contributed by atoms with Crippen LogP contribution in [0.25, 0.3) is 45.8 Å². The highest BCUT2D eigenvalue weighted by atomic mass is 31.2. The number of aliphatic hydroxyl groups is 4. The summed E-state index contributed by atoms with van der Waals surface area (Å²) >= 11 is 0. The Morgan fingerprint density at radius 3 is 1.35 bits per heavy atom. The minimum absolute atomic E-state index is 0.00351. The van der Waals surface area contributed by atoms with Crippen molar-refractivity contribution >= 4 is 61.1 Å². The van der Waals surface area contributed by atoms with Gasteiger partial charge in [0.25, 0.3) is 23.5 Å². The maximum Gasteiger partial charge on any atom is 0.365 e. The predicted octanol–water partition coefficient (Wildman–Crippen LogP) is -2.47. The number of oxazole rings is 2. The van der Waals surface area contributed by atoms with Crippen molar-refractivity contribution in [3.05, 3.63) is 37.6 Å². The van der Waals surface area contributed by atoms with E-state index in [1.165, 1.54) is 60.6 Å². The number of esters is 2. The van der Waals surface area contributed by atoms with Crippen LogP contribution in [0.2, 0.25) is 0 Å². The lowest BCUT2D eigenvalue weighted by Gasteiger charge is -2.20. The minimum atomic E-state index is -5.04. The zero-order valence-corrected chi connectivity index (χ0v) is 36.9. The predicted molar refractivity (Wildman–Crippen MR) is 219 cm³/mol. The van der Waals surface area contributed by atoms with Crippen LogP contribution in [0, 0.1) is 0 Å². The Hall–Kier alpha value is -5.96. The van der Waals surface area contributed by atoms with Crippen molar-refractivity contribution < 1.29 is 96.0 Å². The second kappa shape index (κ2) is 20.3. The second-order valence-electron chi connectivity index (χ2n) is 14.3. The van der Waals surface area contributed by atoms with E-state index in [0.717, 1.165) is 0 Å². The van der Waals surface area contributed by atoms with Crippen molar-refractivity contribution in [2.75, 3.05) is 37.9 Å². The van der Waals surface area contributed by atoms with E-state index >= 15 is 0 Å². The molecule has 6 aromatic rings. The molecule has 2 fully saturated rings. The molecule has 12 N–H and O–H groups in total. The zero-order chi connectivity index (χ0) is 49.2. The van der Waals surface area contributed by atoms with Crippen LogP contribution in [0.5, 0.6) is 0 Å². The number of aliphatic hydroxyl groups excluding tert-OH is 4. The topological polar surface area (TPSA) is 477 Å². The highest BCUT2D eigenvalue weighted by molar-refractivity contribution is 7.53. The summed E-state index contributed by atoms with van der Waals surface area (Å²) in [5, 5.41) is 42.0. The number of imidazole rings is 2. The van der Waals surface area contributed by atoms with Gasteiger partial charge in [0.2, 0.25) is 11.6 Å². The molecule has 0 unspecified atom stereocenters. The van der Waals surface area contributed by atoms with Crippen LogP contribution >= 0.6 is 15.2 Å². The van der Waals surface area contributed by atoms with E-state index in [1.54, 1.807) is 0 Å². The van der Waals surface area contributed by atoms with Crippen LogP contribution in [0.3, 0.4) is 0 Å². The van der Waals surface area contributed by atoms with Gasteiger partial charge in [0.1, 0.15) is 60.2 Å². The average Bonchev–Trinajstić information content (AvgIpc) is 4.15. The molecule has 368 valence electrons. The molecule has 0 aliphatic carbocycles. The molecule has 8 rings (SSSR count). The normalized spacial score (nSPS) is 23.9. The first-order valence-electron chi connectivity index (χ1n) is 19.7. The van der Waals surface area contributed by atoms with Crippen molar-refractivity contribution in [2.45, 2.75) is 74.6 Å². The van der Waals surface area contributed by atoms with Crippen molar-refractivity contribution in [1.29, 1.82) is 0 Å². The fourth-order valence-electron chi connectivity index (χ4n) is 6.71. The van der Waals surface area contributed by atoms with Crippen LogP contribution in [-0.4, -0.2) is 176 Å². The van der Waals surface area contributed by atoms with Crippen molar-refractivity contribution in [3.63, 3.8) is 0 Å². The lowest BCUT2D eigenvalue weighted by Crippen LogP contribution is -2.36. The molecule has 2 aliphatic heterocycles. The summed E-state index contributed by atoms with van der Waals surface area (Å²) in [5.41, 5.74) is 12.5. The Morgan fingerprint density at radius 1 is 0.647 bits per heavy atom. The molecule has 0 aromatic carbocycles. The first-order chi connectivity index (χ1) is 32.2. The number of anilines is 2. The van der Waals surface area contributed by atoms with Gasteiger partial charge in [-0.15, -0.1) is 0 Å². The number of carbonyl (C=O) groups excluding carboxylic acids is 2. The van der Waals surface area contributed by atoms with E-state index in [-0.39, 0.29) is 70.6 Å². The third-order valence-electron chi connectivity index (χ3n) is 9.79. The summed E-state index contributed by atoms with van der Waals surface area (Å²) < 4.78 is 66.8. The lowest BCUT2D eigenvalue weighted by atomic mass is 10.1. The Bertz CT molecular complexity index is 2610. The Morgan fingerprint density at radius 2 is 1.03 bits per heavy atom. The number of nitrogens with two attached hydrogens (primary N) is 2. The molecule has 0 radical (unpaired) electrons. The number of nitrogen functional groups attached to an aromatic ring is 2. The molecule has 6 aromatic heterocycles. The van der Waals surface area contributed by atoms with Gasteiger partial charge in [0, 0.05) is 0 Å². The SMILES string of the molecule is CCOC(=O)[C@@H](OC[C@H]1O[C@@H](n2cnc3c(N)nc(-c4ncco4)nc32)[C@H](O)[C@@H]1O)P(=O)(O)O.CCOC(=O)[C@H](OC[C@H]1O[C@@H](n2cnc3c(N)nc(-c4ncco4)nc32)[C@H](O)[C@@H]1O)P(=O)(O)O. The number of hydrogen-bond acceptors (Lipinski definition) is 26. The molecule has 0 bridgehead atoms. The van der Waals surface area contributed by atoms with Gasteiger partial charge in [0.15, 0.2) is 35.4 Å². The molecule has 0 amide bonds. The van der Waals surface area contributed by atoms with Crippen LogP contribution < -0.4 is 11.5 Å². The smallest absolute Gasteiger partial charge is 0.365 e. The average molecular weight is 1000 g/mol. The summed E-state index contributed by atoms with van der Waals surface area (Å²) in [4.78, 5) is 94.2. The summed E-state index contributed by atoms with van der Waals surface area (Å²) in [7, 11) is -10.1. The Kier molecular flexibility index (Phi) is 14.9. The second-order valence-corrected chi connectivity index (χ2v) is 17.6. The molecule has 2 aliphatic rings. The minimum Gasteiger partial charge on any atom is -0.464 e. The number of fused-ring (bicyclic) bond motifs is 2. The van der Waals surface area contributed by atoms with E-state index in [2.05, 4.69) is 49.3 Å². The Labute approximate surface area is 379 Å². The van der Waals surface area contributed by atoms with Crippen LogP contribution in [0.1, 0.15) is 26.3 Å². The van der Waals surface area contributed by atoms with Crippen LogP contribution in [-0.2, 0) is 47.1 Å². The van der Waals surface area contributed by atoms with Crippen LogP contribution in [0.4, 0.5) is 11.6 Å². The van der Waals surface area contributed by atoms with E-state index < -0.39 is 101 Å². The summed E-state index contributed by atoms with van der Waals surface area (Å²) in [6.07, 6.45) is -3.22. The highest BCUT2D eigenvalue weighted by Gasteiger charge is 2.48. The summed E-state index contributed by atoms with van der Waals surface area (Å²) in [5.74, 6) is -6.71. The van der Waals surface area contributed by atoms with E-state index in [1.807, 2.05) is 0 Å². The van der Waals surface area contributed by atoms with Crippen LogP contribution in [0.15, 0.2) is 46.4 Å². The fraction of sp³-hybridized carbons (Fsp3) is 0.471. The van der Waals surface area contributed by atoms with Gasteiger partial charge >= 0.3 is 27.1 Å². The van der Waals surface area contributed by atoms with Gasteiger partial charge in [-0.2, -0.15) is 0 Å². The monoisotopic (exact) mass is 1000 g/mol. The zero-order valence-electron chi connectivity index (χ0n) is 35.1. The quantitative estimate of drug-likeness (QED) is 0.0355. The van der Waals surface area contributed by atoms with Crippen molar-refractivity contribution in [1.82, 2.24) is 49.0 Å². The molecule has 0 spiro atoms.